The standard InChI is InChI=1S/C26H39NO2/c1-25-13-11-21-19(16-27-24-15-18(28)10-12-26(21,24)2)20(25)8-9-22(25)23(29)14-17-6-4-3-5-7-17/h15,17,19-22,27H,3-14,16H2,1-2H3/t19-,20-,21+,22?,25-,26+/m0/s1. The van der Waals surface area contributed by atoms with Crippen molar-refractivity contribution in [1.29, 1.82) is 0 Å². The topological polar surface area (TPSA) is 46.2 Å². The van der Waals surface area contributed by atoms with Crippen molar-refractivity contribution in [2.75, 3.05) is 6.54 Å². The summed E-state index contributed by atoms with van der Waals surface area (Å²) in [5, 5.41) is 3.69. The number of nitrogens with one attached hydrogen (secondary N) is 1. The van der Waals surface area contributed by atoms with Crippen LogP contribution in [0.5, 0.6) is 0 Å². The smallest absolute Gasteiger partial charge is 0.157 e. The molecule has 1 N–H and O–H groups in total. The molecule has 0 spiro atoms. The molecule has 3 nitrogen and oxygen atoms in total. The molecular formula is C26H39NO2. The van der Waals surface area contributed by atoms with Gasteiger partial charge >= 0.3 is 0 Å². The lowest BCUT2D eigenvalue weighted by molar-refractivity contribution is -0.131. The highest BCUT2D eigenvalue weighted by molar-refractivity contribution is 5.91. The van der Waals surface area contributed by atoms with E-state index in [9.17, 15) is 9.59 Å². The van der Waals surface area contributed by atoms with Crippen LogP contribution < -0.4 is 5.32 Å². The number of Topliss-reactive ketones (excluding diaryl/α,β-unsaturated/α-hetero) is 1. The van der Waals surface area contributed by atoms with Crippen LogP contribution in [0.1, 0.15) is 90.9 Å². The molecular weight excluding hydrogens is 358 g/mol. The zero-order chi connectivity index (χ0) is 20.2. The van der Waals surface area contributed by atoms with Crippen LogP contribution in [0.2, 0.25) is 0 Å². The van der Waals surface area contributed by atoms with Crippen LogP contribution in [0, 0.1) is 40.4 Å². The number of hydrogen-bond donors (Lipinski definition) is 1. The lowest BCUT2D eigenvalue weighted by Crippen LogP contribution is -2.57. The van der Waals surface area contributed by atoms with Gasteiger partial charge in [-0.05, 0) is 61.2 Å². The third kappa shape index (κ3) is 3.13. The fourth-order valence-electron chi connectivity index (χ4n) is 8.49. The van der Waals surface area contributed by atoms with E-state index in [2.05, 4.69) is 19.2 Å². The first kappa shape index (κ1) is 19.8. The van der Waals surface area contributed by atoms with Crippen molar-refractivity contribution in [3.63, 3.8) is 0 Å². The van der Waals surface area contributed by atoms with E-state index in [0.717, 1.165) is 25.8 Å². The van der Waals surface area contributed by atoms with Gasteiger partial charge < -0.3 is 5.32 Å². The van der Waals surface area contributed by atoms with Gasteiger partial charge in [-0.15, -0.1) is 0 Å². The van der Waals surface area contributed by atoms with Gasteiger partial charge in [0.25, 0.3) is 0 Å². The summed E-state index contributed by atoms with van der Waals surface area (Å²) in [5.41, 5.74) is 1.56. The van der Waals surface area contributed by atoms with Crippen molar-refractivity contribution >= 4 is 11.6 Å². The largest absolute Gasteiger partial charge is 0.387 e. The normalized spacial score (nSPS) is 44.9. The molecule has 5 rings (SSSR count). The van der Waals surface area contributed by atoms with Crippen molar-refractivity contribution in [3.05, 3.63) is 11.8 Å². The fraction of sp³-hybridized carbons (Fsp3) is 0.846. The quantitative estimate of drug-likeness (QED) is 0.689. The molecule has 3 saturated carbocycles. The predicted octanol–water partition coefficient (Wildman–Crippen LogP) is 5.44. The summed E-state index contributed by atoms with van der Waals surface area (Å²) < 4.78 is 0. The molecule has 1 aliphatic heterocycles. The van der Waals surface area contributed by atoms with Crippen LogP contribution in [0.15, 0.2) is 11.8 Å². The molecule has 0 amide bonds. The maximum atomic E-state index is 13.4. The average Bonchev–Trinajstić information content (AvgIpc) is 3.06. The second-order valence-electron chi connectivity index (χ2n) is 11.5. The fourth-order valence-corrected chi connectivity index (χ4v) is 8.49. The number of piperidine rings is 1. The second-order valence-corrected chi connectivity index (χ2v) is 11.5. The van der Waals surface area contributed by atoms with E-state index < -0.39 is 0 Å². The highest BCUT2D eigenvalue weighted by atomic mass is 16.1. The van der Waals surface area contributed by atoms with Gasteiger partial charge in [0.05, 0.1) is 0 Å². The first-order valence-corrected chi connectivity index (χ1v) is 12.4. The number of carbonyl (C=O) groups is 2. The van der Waals surface area contributed by atoms with Crippen molar-refractivity contribution in [3.8, 4) is 0 Å². The van der Waals surface area contributed by atoms with Crippen molar-refractivity contribution in [2.24, 2.45) is 40.4 Å². The van der Waals surface area contributed by atoms with E-state index in [0.29, 0.717) is 47.6 Å². The molecule has 0 aromatic carbocycles. The Hall–Kier alpha value is -1.12. The molecule has 5 aliphatic rings. The Morgan fingerprint density at radius 2 is 1.83 bits per heavy atom. The van der Waals surface area contributed by atoms with E-state index in [1.54, 1.807) is 0 Å². The number of ketones is 2. The van der Waals surface area contributed by atoms with Gasteiger partial charge in [-0.2, -0.15) is 0 Å². The molecule has 1 heterocycles. The van der Waals surface area contributed by atoms with Gasteiger partial charge in [-0.1, -0.05) is 46.0 Å². The molecule has 1 unspecified atom stereocenters. The summed E-state index contributed by atoms with van der Waals surface area (Å²) in [5.74, 6) is 3.86. The van der Waals surface area contributed by atoms with Gasteiger partial charge in [-0.25, -0.2) is 0 Å². The highest BCUT2D eigenvalue weighted by Gasteiger charge is 2.60. The third-order valence-electron chi connectivity index (χ3n) is 10.2. The molecule has 0 radical (unpaired) electrons. The Morgan fingerprint density at radius 1 is 1.03 bits per heavy atom. The van der Waals surface area contributed by atoms with Crippen LogP contribution in [-0.4, -0.2) is 18.1 Å². The Morgan fingerprint density at radius 3 is 2.62 bits per heavy atom. The number of fused-ring (bicyclic) bond motifs is 5. The third-order valence-corrected chi connectivity index (χ3v) is 10.2. The van der Waals surface area contributed by atoms with Crippen LogP contribution in [0.4, 0.5) is 0 Å². The zero-order valence-corrected chi connectivity index (χ0v) is 18.5. The van der Waals surface area contributed by atoms with Gasteiger partial charge in [0.1, 0.15) is 5.78 Å². The molecule has 3 heteroatoms. The van der Waals surface area contributed by atoms with Gasteiger partial charge in [0.15, 0.2) is 5.78 Å². The Kier molecular flexibility index (Phi) is 4.95. The van der Waals surface area contributed by atoms with E-state index in [1.165, 1.54) is 57.1 Å². The van der Waals surface area contributed by atoms with E-state index in [-0.39, 0.29) is 10.8 Å². The molecule has 29 heavy (non-hydrogen) atoms. The molecule has 6 atom stereocenters. The SMILES string of the molecule is C[C@]12CCC(=O)C=C1NC[C@@H]1[C@H]2CC[C@]2(C)C(C(=O)CC3CCCCC3)CC[C@@H]12. The molecule has 0 aromatic rings. The molecule has 4 fully saturated rings. The summed E-state index contributed by atoms with van der Waals surface area (Å²) in [6, 6.07) is 0. The lowest BCUT2D eigenvalue weighted by atomic mass is 9.49. The van der Waals surface area contributed by atoms with Crippen LogP contribution in [0.25, 0.3) is 0 Å². The number of carbonyl (C=O) groups excluding carboxylic acids is 2. The number of hydrogen-bond acceptors (Lipinski definition) is 3. The molecule has 4 aliphatic carbocycles. The van der Waals surface area contributed by atoms with Crippen LogP contribution in [-0.2, 0) is 9.59 Å². The molecule has 0 bridgehead atoms. The number of rotatable bonds is 3. The molecule has 0 aromatic heterocycles. The minimum Gasteiger partial charge on any atom is -0.387 e. The van der Waals surface area contributed by atoms with Crippen LogP contribution in [0.3, 0.4) is 0 Å². The Labute approximate surface area is 176 Å². The first-order chi connectivity index (χ1) is 13.9. The summed E-state index contributed by atoms with van der Waals surface area (Å²) in [6.45, 7) is 5.87. The summed E-state index contributed by atoms with van der Waals surface area (Å²) in [4.78, 5) is 25.4. The summed E-state index contributed by atoms with van der Waals surface area (Å²) in [6.07, 6.45) is 15.8. The van der Waals surface area contributed by atoms with E-state index in [1.807, 2.05) is 6.08 Å². The predicted molar refractivity (Wildman–Crippen MR) is 115 cm³/mol. The van der Waals surface area contributed by atoms with Crippen molar-refractivity contribution < 1.29 is 9.59 Å². The Balaban J connectivity index is 1.34. The summed E-state index contributed by atoms with van der Waals surface area (Å²) in [7, 11) is 0. The molecule has 160 valence electrons. The summed E-state index contributed by atoms with van der Waals surface area (Å²) >= 11 is 0. The average molecular weight is 398 g/mol. The monoisotopic (exact) mass is 397 g/mol. The minimum atomic E-state index is 0.141. The minimum absolute atomic E-state index is 0.141. The first-order valence-electron chi connectivity index (χ1n) is 12.4. The highest BCUT2D eigenvalue weighted by Crippen LogP contribution is 2.64. The van der Waals surface area contributed by atoms with Crippen molar-refractivity contribution in [1.82, 2.24) is 5.32 Å². The van der Waals surface area contributed by atoms with E-state index in [4.69, 9.17) is 0 Å². The molecule has 1 saturated heterocycles. The number of allylic oxidation sites excluding steroid dienone is 2. The maximum absolute atomic E-state index is 13.4. The lowest BCUT2D eigenvalue weighted by Gasteiger charge is -2.58. The van der Waals surface area contributed by atoms with Gasteiger partial charge in [-0.3, -0.25) is 9.59 Å². The van der Waals surface area contributed by atoms with Crippen LogP contribution >= 0.6 is 0 Å². The zero-order valence-electron chi connectivity index (χ0n) is 18.5. The van der Waals surface area contributed by atoms with Gasteiger partial charge in [0.2, 0.25) is 0 Å². The van der Waals surface area contributed by atoms with Gasteiger partial charge in [0, 0.05) is 42.5 Å². The second kappa shape index (κ2) is 7.24. The maximum Gasteiger partial charge on any atom is 0.157 e. The van der Waals surface area contributed by atoms with Crippen molar-refractivity contribution in [2.45, 2.75) is 90.9 Å². The van der Waals surface area contributed by atoms with E-state index >= 15 is 0 Å². The Bertz CT molecular complexity index is 720.